The molecule has 0 saturated heterocycles. The van der Waals surface area contributed by atoms with Gasteiger partial charge in [-0.25, -0.2) is 13.1 Å². The molecule has 0 aliphatic rings. The van der Waals surface area contributed by atoms with E-state index < -0.39 is 15.3 Å². The Kier molecular flexibility index (Phi) is 9.23. The summed E-state index contributed by atoms with van der Waals surface area (Å²) in [5.74, 6) is 0. The minimum Gasteiger partial charge on any atom is -0.385 e. The van der Waals surface area contributed by atoms with Crippen molar-refractivity contribution in [3.8, 4) is 0 Å². The molecular weight excluding hydrogens is 348 g/mol. The Morgan fingerprint density at radius 1 is 1.25 bits per heavy atom. The number of likely N-dealkylation sites (N-methyl/N-ethyl adjacent to an activating group) is 1. The second-order valence-corrected chi connectivity index (χ2v) is 8.33. The van der Waals surface area contributed by atoms with Crippen molar-refractivity contribution in [3.63, 3.8) is 0 Å². The largest absolute Gasteiger partial charge is 0.385 e. The molecule has 0 heterocycles. The smallest absolute Gasteiger partial charge is 0.214 e. The van der Waals surface area contributed by atoms with E-state index in [9.17, 15) is 8.42 Å². The van der Waals surface area contributed by atoms with Gasteiger partial charge in [0.1, 0.15) is 0 Å². The van der Waals surface area contributed by atoms with Crippen LogP contribution >= 0.6 is 11.6 Å². The fourth-order valence-corrected chi connectivity index (χ4v) is 3.96. The van der Waals surface area contributed by atoms with Crippen LogP contribution in [-0.2, 0) is 14.8 Å². The average Bonchev–Trinajstić information content (AvgIpc) is 2.57. The van der Waals surface area contributed by atoms with Crippen LogP contribution in [0.25, 0.3) is 0 Å². The van der Waals surface area contributed by atoms with Crippen LogP contribution in [-0.4, -0.2) is 51.9 Å². The van der Waals surface area contributed by atoms with Gasteiger partial charge in [0.25, 0.3) is 0 Å². The third kappa shape index (κ3) is 6.01. The summed E-state index contributed by atoms with van der Waals surface area (Å²) in [5.41, 5.74) is 0.940. The van der Waals surface area contributed by atoms with E-state index in [2.05, 4.69) is 23.5 Å². The summed E-state index contributed by atoms with van der Waals surface area (Å²) in [7, 11) is -1.83. The molecule has 138 valence electrons. The van der Waals surface area contributed by atoms with Crippen molar-refractivity contribution in [1.82, 2.24) is 9.62 Å². The van der Waals surface area contributed by atoms with Gasteiger partial charge < -0.3 is 4.74 Å². The van der Waals surface area contributed by atoms with Gasteiger partial charge in [0.05, 0.1) is 5.25 Å². The van der Waals surface area contributed by atoms with Gasteiger partial charge in [0.15, 0.2) is 0 Å². The lowest BCUT2D eigenvalue weighted by Crippen LogP contribution is -2.41. The molecule has 7 heteroatoms. The molecular formula is C17H29ClN2O3S. The van der Waals surface area contributed by atoms with Crippen molar-refractivity contribution in [2.75, 3.05) is 33.4 Å². The van der Waals surface area contributed by atoms with E-state index in [1.54, 1.807) is 14.0 Å². The first-order valence-electron chi connectivity index (χ1n) is 8.33. The molecule has 0 fully saturated rings. The number of benzene rings is 1. The Bertz CT molecular complexity index is 591. The Balaban J connectivity index is 2.92. The van der Waals surface area contributed by atoms with E-state index in [1.807, 2.05) is 24.3 Å². The highest BCUT2D eigenvalue weighted by Crippen LogP contribution is 2.27. The summed E-state index contributed by atoms with van der Waals surface area (Å²) >= 11 is 6.34. The molecule has 0 spiro atoms. The third-order valence-electron chi connectivity index (χ3n) is 4.25. The van der Waals surface area contributed by atoms with Crippen LogP contribution in [0.15, 0.2) is 24.3 Å². The molecule has 1 rings (SSSR count). The van der Waals surface area contributed by atoms with Gasteiger partial charge in [0.2, 0.25) is 10.0 Å². The quantitative estimate of drug-likeness (QED) is 0.644. The molecule has 5 nitrogen and oxygen atoms in total. The van der Waals surface area contributed by atoms with Crippen LogP contribution in [0.1, 0.15) is 38.8 Å². The van der Waals surface area contributed by atoms with Crippen molar-refractivity contribution in [2.24, 2.45) is 0 Å². The molecule has 0 aliphatic carbocycles. The minimum atomic E-state index is -3.40. The summed E-state index contributed by atoms with van der Waals surface area (Å²) in [6, 6.07) is 7.49. The molecule has 0 amide bonds. The fourth-order valence-electron chi connectivity index (χ4n) is 2.62. The average molecular weight is 377 g/mol. The lowest BCUT2D eigenvalue weighted by Gasteiger charge is -2.31. The highest BCUT2D eigenvalue weighted by Gasteiger charge is 2.25. The summed E-state index contributed by atoms with van der Waals surface area (Å²) in [6.45, 7) is 8.16. The highest BCUT2D eigenvalue weighted by atomic mass is 35.5. The summed E-state index contributed by atoms with van der Waals surface area (Å²) in [4.78, 5) is 2.20. The molecule has 0 radical (unpaired) electrons. The molecule has 0 saturated carbocycles. The van der Waals surface area contributed by atoms with Crippen LogP contribution in [0, 0.1) is 0 Å². The number of nitrogens with zero attached hydrogens (tertiary/aromatic N) is 1. The maximum absolute atomic E-state index is 12.4. The Hall–Kier alpha value is -0.660. The number of methoxy groups -OCH3 is 1. The number of hydrogen-bond acceptors (Lipinski definition) is 4. The van der Waals surface area contributed by atoms with E-state index in [4.69, 9.17) is 16.3 Å². The van der Waals surface area contributed by atoms with Gasteiger partial charge >= 0.3 is 0 Å². The molecule has 1 N–H and O–H groups in total. The predicted molar refractivity (Wildman–Crippen MR) is 100.0 cm³/mol. The van der Waals surface area contributed by atoms with E-state index in [0.717, 1.165) is 18.7 Å². The van der Waals surface area contributed by atoms with Crippen molar-refractivity contribution in [3.05, 3.63) is 34.9 Å². The van der Waals surface area contributed by atoms with Crippen molar-refractivity contribution in [2.45, 2.75) is 38.5 Å². The van der Waals surface area contributed by atoms with Gasteiger partial charge in [-0.2, -0.15) is 0 Å². The van der Waals surface area contributed by atoms with E-state index in [-0.39, 0.29) is 6.04 Å². The maximum Gasteiger partial charge on any atom is 0.214 e. The Labute approximate surface area is 151 Å². The highest BCUT2D eigenvalue weighted by molar-refractivity contribution is 7.90. The summed E-state index contributed by atoms with van der Waals surface area (Å²) in [5, 5.41) is 0.155. The van der Waals surface area contributed by atoms with E-state index in [0.29, 0.717) is 24.6 Å². The molecule has 2 unspecified atom stereocenters. The van der Waals surface area contributed by atoms with Crippen LogP contribution in [0.2, 0.25) is 5.02 Å². The Morgan fingerprint density at radius 3 is 2.42 bits per heavy atom. The van der Waals surface area contributed by atoms with Gasteiger partial charge in [-0.1, -0.05) is 43.6 Å². The van der Waals surface area contributed by atoms with Crippen molar-refractivity contribution in [1.29, 1.82) is 0 Å². The zero-order valence-corrected chi connectivity index (χ0v) is 16.5. The van der Waals surface area contributed by atoms with Crippen LogP contribution in [0.5, 0.6) is 0 Å². The van der Waals surface area contributed by atoms with Crippen LogP contribution in [0.3, 0.4) is 0 Å². The third-order valence-corrected chi connectivity index (χ3v) is 6.46. The number of sulfonamides is 1. The fraction of sp³-hybridized carbons (Fsp3) is 0.647. The first kappa shape index (κ1) is 21.4. The molecule has 1 aromatic carbocycles. The standard InChI is InChI=1S/C17H29ClN2O3S/c1-5-20(6-2)17(15-9-7-8-10-16(15)18)13-19-24(21,22)14(3)11-12-23-4/h7-10,14,17,19H,5-6,11-13H2,1-4H3. The van der Waals surface area contributed by atoms with Gasteiger partial charge in [-0.05, 0) is 38.1 Å². The first-order valence-corrected chi connectivity index (χ1v) is 10.3. The predicted octanol–water partition coefficient (Wildman–Crippen LogP) is 3.07. The minimum absolute atomic E-state index is 0.0990. The van der Waals surface area contributed by atoms with E-state index in [1.165, 1.54) is 0 Å². The second-order valence-electron chi connectivity index (χ2n) is 5.74. The number of halogens is 1. The summed E-state index contributed by atoms with van der Waals surface area (Å²) < 4.78 is 32.6. The zero-order chi connectivity index (χ0) is 18.2. The zero-order valence-electron chi connectivity index (χ0n) is 15.0. The number of rotatable bonds is 11. The molecule has 1 aromatic rings. The van der Waals surface area contributed by atoms with Crippen LogP contribution in [0.4, 0.5) is 0 Å². The SMILES string of the molecule is CCN(CC)C(CNS(=O)(=O)C(C)CCOC)c1ccccc1Cl. The number of ether oxygens (including phenoxy) is 1. The molecule has 0 bridgehead atoms. The monoisotopic (exact) mass is 376 g/mol. The second kappa shape index (κ2) is 10.4. The van der Waals surface area contributed by atoms with E-state index >= 15 is 0 Å². The first-order chi connectivity index (χ1) is 11.4. The summed E-state index contributed by atoms with van der Waals surface area (Å²) in [6.07, 6.45) is 0.466. The lowest BCUT2D eigenvalue weighted by atomic mass is 10.1. The molecule has 0 aromatic heterocycles. The molecule has 24 heavy (non-hydrogen) atoms. The van der Waals surface area contributed by atoms with Gasteiger partial charge in [0, 0.05) is 31.3 Å². The van der Waals surface area contributed by atoms with Crippen molar-refractivity contribution >= 4 is 21.6 Å². The topological polar surface area (TPSA) is 58.6 Å². The lowest BCUT2D eigenvalue weighted by molar-refractivity contribution is 0.194. The van der Waals surface area contributed by atoms with Crippen LogP contribution < -0.4 is 4.72 Å². The molecule has 0 aliphatic heterocycles. The van der Waals surface area contributed by atoms with Gasteiger partial charge in [-0.15, -0.1) is 0 Å². The van der Waals surface area contributed by atoms with Gasteiger partial charge in [-0.3, -0.25) is 4.90 Å². The number of nitrogens with one attached hydrogen (secondary N) is 1. The molecule has 2 atom stereocenters. The van der Waals surface area contributed by atoms with Crippen molar-refractivity contribution < 1.29 is 13.2 Å². The normalized spacial score (nSPS) is 14.8. The Morgan fingerprint density at radius 2 is 1.88 bits per heavy atom. The number of hydrogen-bond donors (Lipinski definition) is 1. The maximum atomic E-state index is 12.4.